The number of aliphatic carboxylic acids is 1. The average Bonchev–Trinajstić information content (AvgIpc) is 2.50. The van der Waals surface area contributed by atoms with Gasteiger partial charge in [0.05, 0.1) is 5.92 Å². The second-order valence-electron chi connectivity index (χ2n) is 3.09. The molecule has 3 heteroatoms. The van der Waals surface area contributed by atoms with Gasteiger partial charge >= 0.3 is 5.97 Å². The number of carbonyl (C=O) groups excluding carboxylic acids is 1. The van der Waals surface area contributed by atoms with Crippen LogP contribution in [0.4, 0.5) is 0 Å². The summed E-state index contributed by atoms with van der Waals surface area (Å²) >= 11 is 0. The molecule has 0 bridgehead atoms. The summed E-state index contributed by atoms with van der Waals surface area (Å²) in [5.74, 6) is -1.77. The second-order valence-corrected chi connectivity index (χ2v) is 3.09. The Morgan fingerprint density at radius 1 is 1.33 bits per heavy atom. The topological polar surface area (TPSA) is 54.4 Å². The van der Waals surface area contributed by atoms with E-state index in [0.29, 0.717) is 12.8 Å². The largest absolute Gasteiger partial charge is 0.481 e. The SMILES string of the molecule is C=CC(=O)[C@H]1CCC[C@@H]1C(=O)O. The number of carbonyl (C=O) groups is 2. The normalized spacial score (nSPS) is 28.3. The van der Waals surface area contributed by atoms with E-state index in [9.17, 15) is 9.59 Å². The number of rotatable bonds is 3. The summed E-state index contributed by atoms with van der Waals surface area (Å²) in [6.07, 6.45) is 3.38. The number of ketones is 1. The summed E-state index contributed by atoms with van der Waals surface area (Å²) < 4.78 is 0. The van der Waals surface area contributed by atoms with Crippen molar-refractivity contribution in [1.82, 2.24) is 0 Å². The molecule has 1 saturated carbocycles. The molecular formula is C9H12O3. The molecule has 0 aromatic heterocycles. The van der Waals surface area contributed by atoms with Crippen molar-refractivity contribution < 1.29 is 14.7 Å². The first-order valence-corrected chi connectivity index (χ1v) is 4.06. The van der Waals surface area contributed by atoms with Crippen LogP contribution in [-0.4, -0.2) is 16.9 Å². The van der Waals surface area contributed by atoms with Crippen molar-refractivity contribution >= 4 is 11.8 Å². The zero-order chi connectivity index (χ0) is 9.14. The highest BCUT2D eigenvalue weighted by Gasteiger charge is 2.36. The Bertz CT molecular complexity index is 220. The van der Waals surface area contributed by atoms with E-state index in [1.54, 1.807) is 0 Å². The molecule has 0 spiro atoms. The van der Waals surface area contributed by atoms with E-state index in [1.165, 1.54) is 6.08 Å². The molecule has 66 valence electrons. The van der Waals surface area contributed by atoms with E-state index < -0.39 is 11.9 Å². The molecule has 0 aromatic rings. The number of allylic oxidation sites excluding steroid dienone is 1. The molecule has 2 atom stereocenters. The summed E-state index contributed by atoms with van der Waals surface area (Å²) in [6.45, 7) is 3.36. The number of carboxylic acids is 1. The summed E-state index contributed by atoms with van der Waals surface area (Å²) in [5.41, 5.74) is 0. The zero-order valence-corrected chi connectivity index (χ0v) is 6.82. The van der Waals surface area contributed by atoms with Crippen molar-refractivity contribution in [3.8, 4) is 0 Å². The summed E-state index contributed by atoms with van der Waals surface area (Å²) in [4.78, 5) is 21.8. The quantitative estimate of drug-likeness (QED) is 0.645. The summed E-state index contributed by atoms with van der Waals surface area (Å²) in [5, 5.41) is 8.74. The first-order valence-electron chi connectivity index (χ1n) is 4.06. The highest BCUT2D eigenvalue weighted by atomic mass is 16.4. The fourth-order valence-electron chi connectivity index (χ4n) is 1.75. The van der Waals surface area contributed by atoms with E-state index in [2.05, 4.69) is 6.58 Å². The molecule has 1 rings (SSSR count). The number of hydrogen-bond donors (Lipinski definition) is 1. The molecular weight excluding hydrogens is 156 g/mol. The predicted octanol–water partition coefficient (Wildman–Crippen LogP) is 1.24. The third kappa shape index (κ3) is 1.55. The zero-order valence-electron chi connectivity index (χ0n) is 6.82. The van der Waals surface area contributed by atoms with Gasteiger partial charge in [-0.3, -0.25) is 9.59 Å². The highest BCUT2D eigenvalue weighted by Crippen LogP contribution is 2.32. The molecule has 1 aliphatic carbocycles. The third-order valence-electron chi connectivity index (χ3n) is 2.40. The molecule has 0 unspecified atom stereocenters. The van der Waals surface area contributed by atoms with Crippen LogP contribution in [0.2, 0.25) is 0 Å². The molecule has 1 N–H and O–H groups in total. The maximum atomic E-state index is 11.1. The van der Waals surface area contributed by atoms with Gasteiger partial charge in [0.1, 0.15) is 0 Å². The Morgan fingerprint density at radius 2 is 1.92 bits per heavy atom. The lowest BCUT2D eigenvalue weighted by molar-refractivity contribution is -0.144. The van der Waals surface area contributed by atoms with E-state index in [4.69, 9.17) is 5.11 Å². The Hall–Kier alpha value is -1.12. The van der Waals surface area contributed by atoms with Crippen LogP contribution < -0.4 is 0 Å². The van der Waals surface area contributed by atoms with E-state index in [-0.39, 0.29) is 11.7 Å². The van der Waals surface area contributed by atoms with Crippen LogP contribution in [0.15, 0.2) is 12.7 Å². The lowest BCUT2D eigenvalue weighted by atomic mass is 9.92. The second kappa shape index (κ2) is 3.52. The van der Waals surface area contributed by atoms with E-state index >= 15 is 0 Å². The van der Waals surface area contributed by atoms with Gasteiger partial charge in [0.15, 0.2) is 5.78 Å². The Balaban J connectivity index is 2.69. The van der Waals surface area contributed by atoms with Crippen LogP contribution in [0.25, 0.3) is 0 Å². The summed E-state index contributed by atoms with van der Waals surface area (Å²) in [7, 11) is 0. The van der Waals surface area contributed by atoms with Gasteiger partial charge in [0.25, 0.3) is 0 Å². The number of carboxylic acid groups (broad SMARTS) is 1. The Kier molecular flexibility index (Phi) is 2.63. The van der Waals surface area contributed by atoms with Crippen LogP contribution in [0.1, 0.15) is 19.3 Å². The first kappa shape index (κ1) is 8.97. The molecule has 3 nitrogen and oxygen atoms in total. The van der Waals surface area contributed by atoms with Crippen molar-refractivity contribution in [2.24, 2.45) is 11.8 Å². The average molecular weight is 168 g/mol. The van der Waals surface area contributed by atoms with E-state index in [1.807, 2.05) is 0 Å². The molecule has 0 amide bonds. The van der Waals surface area contributed by atoms with Crippen LogP contribution >= 0.6 is 0 Å². The van der Waals surface area contributed by atoms with Gasteiger partial charge in [-0.15, -0.1) is 0 Å². The van der Waals surface area contributed by atoms with Gasteiger partial charge in [-0.1, -0.05) is 13.0 Å². The van der Waals surface area contributed by atoms with Crippen molar-refractivity contribution in [1.29, 1.82) is 0 Å². The van der Waals surface area contributed by atoms with Gasteiger partial charge in [-0.2, -0.15) is 0 Å². The monoisotopic (exact) mass is 168 g/mol. The van der Waals surface area contributed by atoms with E-state index in [0.717, 1.165) is 6.42 Å². The number of hydrogen-bond acceptors (Lipinski definition) is 2. The molecule has 0 heterocycles. The Morgan fingerprint density at radius 3 is 2.42 bits per heavy atom. The summed E-state index contributed by atoms with van der Waals surface area (Å²) in [6, 6.07) is 0. The lowest BCUT2D eigenvalue weighted by Crippen LogP contribution is -2.23. The van der Waals surface area contributed by atoms with Crippen LogP contribution in [0, 0.1) is 11.8 Å². The molecule has 1 fully saturated rings. The van der Waals surface area contributed by atoms with Gasteiger partial charge in [-0.25, -0.2) is 0 Å². The van der Waals surface area contributed by atoms with Crippen LogP contribution in [-0.2, 0) is 9.59 Å². The van der Waals surface area contributed by atoms with Crippen LogP contribution in [0.3, 0.4) is 0 Å². The minimum absolute atomic E-state index is 0.125. The standard InChI is InChI=1S/C9H12O3/c1-2-8(10)6-4-3-5-7(6)9(11)12/h2,6-7H,1,3-5H2,(H,11,12)/t6-,7-/m0/s1. The van der Waals surface area contributed by atoms with Crippen molar-refractivity contribution in [3.63, 3.8) is 0 Å². The minimum atomic E-state index is -0.854. The van der Waals surface area contributed by atoms with Crippen LogP contribution in [0.5, 0.6) is 0 Å². The molecule has 0 radical (unpaired) electrons. The van der Waals surface area contributed by atoms with Gasteiger partial charge in [-0.05, 0) is 18.9 Å². The molecule has 0 saturated heterocycles. The lowest BCUT2D eigenvalue weighted by Gasteiger charge is -2.11. The highest BCUT2D eigenvalue weighted by molar-refractivity contribution is 5.94. The smallest absolute Gasteiger partial charge is 0.307 e. The van der Waals surface area contributed by atoms with Crippen molar-refractivity contribution in [2.75, 3.05) is 0 Å². The Labute approximate surface area is 71.1 Å². The fraction of sp³-hybridized carbons (Fsp3) is 0.556. The third-order valence-corrected chi connectivity index (χ3v) is 2.40. The fourth-order valence-corrected chi connectivity index (χ4v) is 1.75. The van der Waals surface area contributed by atoms with Crippen molar-refractivity contribution in [3.05, 3.63) is 12.7 Å². The maximum Gasteiger partial charge on any atom is 0.307 e. The maximum absolute atomic E-state index is 11.1. The predicted molar refractivity (Wildman–Crippen MR) is 43.7 cm³/mol. The van der Waals surface area contributed by atoms with Gasteiger partial charge in [0, 0.05) is 5.92 Å². The van der Waals surface area contributed by atoms with Crippen molar-refractivity contribution in [2.45, 2.75) is 19.3 Å². The first-order chi connectivity index (χ1) is 5.66. The van der Waals surface area contributed by atoms with Gasteiger partial charge < -0.3 is 5.11 Å². The van der Waals surface area contributed by atoms with Gasteiger partial charge in [0.2, 0.25) is 0 Å². The molecule has 0 aromatic carbocycles. The molecule has 12 heavy (non-hydrogen) atoms. The molecule has 0 aliphatic heterocycles. The molecule has 1 aliphatic rings. The minimum Gasteiger partial charge on any atom is -0.481 e.